The van der Waals surface area contributed by atoms with Crippen LogP contribution in [0.3, 0.4) is 0 Å². The first-order chi connectivity index (χ1) is 14.5. The summed E-state index contributed by atoms with van der Waals surface area (Å²) in [6.45, 7) is 0. The Hall–Kier alpha value is -2.62. The Labute approximate surface area is 185 Å². The molecule has 3 aromatic heterocycles. The number of aryl methyl sites for hydroxylation is 1. The number of nitrogens with zero attached hydrogens (tertiary/aromatic N) is 4. The SMILES string of the molecule is Cn1ccnc1[C@H](NC(=O)CSCc1cc(=O)n2ccsc2n1)c1ccc(Cl)cc1. The van der Waals surface area contributed by atoms with Crippen LogP contribution in [-0.2, 0) is 17.6 Å². The van der Waals surface area contributed by atoms with Gasteiger partial charge in [-0.05, 0) is 17.7 Å². The third-order valence-corrected chi connectivity index (χ3v) is 6.44. The molecule has 0 bridgehead atoms. The second-order valence-corrected chi connectivity index (χ2v) is 8.88. The zero-order valence-electron chi connectivity index (χ0n) is 16.0. The fourth-order valence-corrected chi connectivity index (χ4v) is 4.61. The van der Waals surface area contributed by atoms with E-state index in [0.717, 1.165) is 11.4 Å². The minimum Gasteiger partial charge on any atom is -0.341 e. The lowest BCUT2D eigenvalue weighted by Gasteiger charge is -2.19. The molecule has 0 saturated carbocycles. The van der Waals surface area contributed by atoms with Crippen LogP contribution in [0.4, 0.5) is 0 Å². The summed E-state index contributed by atoms with van der Waals surface area (Å²) in [4.78, 5) is 34.2. The van der Waals surface area contributed by atoms with Crippen LogP contribution in [0, 0.1) is 0 Å². The molecule has 1 atom stereocenters. The fourth-order valence-electron chi connectivity index (χ4n) is 3.02. The molecule has 3 heterocycles. The Balaban J connectivity index is 1.43. The van der Waals surface area contributed by atoms with E-state index in [9.17, 15) is 9.59 Å². The van der Waals surface area contributed by atoms with Crippen molar-refractivity contribution in [2.45, 2.75) is 11.8 Å². The minimum absolute atomic E-state index is 0.112. The number of thioether (sulfide) groups is 1. The lowest BCUT2D eigenvalue weighted by molar-refractivity contribution is -0.119. The van der Waals surface area contributed by atoms with E-state index < -0.39 is 0 Å². The maximum Gasteiger partial charge on any atom is 0.258 e. The third kappa shape index (κ3) is 4.58. The number of nitrogens with one attached hydrogen (secondary N) is 1. The third-order valence-electron chi connectivity index (χ3n) is 4.46. The number of fused-ring (bicyclic) bond motifs is 1. The minimum atomic E-state index is -0.388. The van der Waals surface area contributed by atoms with E-state index in [1.165, 1.54) is 33.6 Å². The molecule has 30 heavy (non-hydrogen) atoms. The highest BCUT2D eigenvalue weighted by molar-refractivity contribution is 7.99. The van der Waals surface area contributed by atoms with Crippen molar-refractivity contribution in [2.24, 2.45) is 7.05 Å². The summed E-state index contributed by atoms with van der Waals surface area (Å²) in [5, 5.41) is 5.50. The van der Waals surface area contributed by atoms with Crippen molar-refractivity contribution in [1.82, 2.24) is 24.3 Å². The molecule has 1 aromatic carbocycles. The number of halogens is 1. The number of benzene rings is 1. The molecule has 154 valence electrons. The number of hydrogen-bond donors (Lipinski definition) is 1. The van der Waals surface area contributed by atoms with Crippen molar-refractivity contribution >= 4 is 45.6 Å². The summed E-state index contributed by atoms with van der Waals surface area (Å²) in [6.07, 6.45) is 5.24. The number of hydrogen-bond acceptors (Lipinski definition) is 6. The lowest BCUT2D eigenvalue weighted by atomic mass is 10.1. The van der Waals surface area contributed by atoms with E-state index in [0.29, 0.717) is 21.4 Å². The molecule has 1 N–H and O–H groups in total. The van der Waals surface area contributed by atoms with Gasteiger partial charge in [-0.15, -0.1) is 23.1 Å². The second-order valence-electron chi connectivity index (χ2n) is 6.58. The first-order valence-electron chi connectivity index (χ1n) is 9.07. The maximum absolute atomic E-state index is 12.6. The van der Waals surface area contributed by atoms with Gasteiger partial charge < -0.3 is 9.88 Å². The molecule has 4 aromatic rings. The van der Waals surface area contributed by atoms with Gasteiger partial charge in [0.15, 0.2) is 4.96 Å². The van der Waals surface area contributed by atoms with Gasteiger partial charge >= 0.3 is 0 Å². The van der Waals surface area contributed by atoms with E-state index in [2.05, 4.69) is 15.3 Å². The molecule has 0 aliphatic rings. The quantitative estimate of drug-likeness (QED) is 0.458. The van der Waals surface area contributed by atoms with E-state index in [-0.39, 0.29) is 23.3 Å². The Kier molecular flexibility index (Phi) is 6.21. The Morgan fingerprint density at radius 2 is 2.10 bits per heavy atom. The van der Waals surface area contributed by atoms with Crippen molar-refractivity contribution in [1.29, 1.82) is 0 Å². The van der Waals surface area contributed by atoms with Crippen LogP contribution in [0.1, 0.15) is 23.1 Å². The van der Waals surface area contributed by atoms with Gasteiger partial charge in [0.2, 0.25) is 5.91 Å². The zero-order chi connectivity index (χ0) is 21.1. The van der Waals surface area contributed by atoms with Crippen LogP contribution in [0.25, 0.3) is 4.96 Å². The predicted molar refractivity (Wildman–Crippen MR) is 120 cm³/mol. The van der Waals surface area contributed by atoms with Crippen molar-refractivity contribution < 1.29 is 4.79 Å². The van der Waals surface area contributed by atoms with Gasteiger partial charge in [-0.1, -0.05) is 23.7 Å². The summed E-state index contributed by atoms with van der Waals surface area (Å²) in [5.41, 5.74) is 1.45. The van der Waals surface area contributed by atoms with Crippen LogP contribution in [0.2, 0.25) is 5.02 Å². The topological polar surface area (TPSA) is 81.3 Å². The highest BCUT2D eigenvalue weighted by Gasteiger charge is 2.20. The highest BCUT2D eigenvalue weighted by atomic mass is 35.5. The Bertz CT molecular complexity index is 1230. The van der Waals surface area contributed by atoms with Gasteiger partial charge in [0.1, 0.15) is 11.9 Å². The molecule has 1 amide bonds. The summed E-state index contributed by atoms with van der Waals surface area (Å²) < 4.78 is 3.38. The molecule has 0 aliphatic carbocycles. The molecule has 4 rings (SSSR count). The van der Waals surface area contributed by atoms with E-state index >= 15 is 0 Å². The largest absolute Gasteiger partial charge is 0.341 e. The monoisotopic (exact) mass is 459 g/mol. The van der Waals surface area contributed by atoms with Gasteiger partial charge in [-0.2, -0.15) is 0 Å². The molecule has 0 saturated heterocycles. The van der Waals surface area contributed by atoms with Gasteiger partial charge in [0.25, 0.3) is 5.56 Å². The molecule has 0 aliphatic heterocycles. The number of rotatable bonds is 7. The van der Waals surface area contributed by atoms with E-state index in [1.54, 1.807) is 24.5 Å². The summed E-state index contributed by atoms with van der Waals surface area (Å²) in [6, 6.07) is 8.46. The van der Waals surface area contributed by atoms with Crippen LogP contribution < -0.4 is 10.9 Å². The predicted octanol–water partition coefficient (Wildman–Crippen LogP) is 3.28. The molecular formula is C20H18ClN5O2S2. The van der Waals surface area contributed by atoms with Crippen LogP contribution in [0.5, 0.6) is 0 Å². The number of imidazole rings is 1. The van der Waals surface area contributed by atoms with Gasteiger partial charge in [0.05, 0.1) is 11.4 Å². The highest BCUT2D eigenvalue weighted by Crippen LogP contribution is 2.23. The molecule has 7 nitrogen and oxygen atoms in total. The molecule has 10 heteroatoms. The van der Waals surface area contributed by atoms with Gasteiger partial charge in [-0.3, -0.25) is 14.0 Å². The van der Waals surface area contributed by atoms with Crippen molar-refractivity contribution in [3.05, 3.63) is 86.8 Å². The van der Waals surface area contributed by atoms with Crippen LogP contribution in [-0.4, -0.2) is 30.6 Å². The van der Waals surface area contributed by atoms with Crippen LogP contribution >= 0.6 is 34.7 Å². The number of amides is 1. The smallest absolute Gasteiger partial charge is 0.258 e. The fraction of sp³-hybridized carbons (Fsp3) is 0.200. The van der Waals surface area contributed by atoms with E-state index in [4.69, 9.17) is 11.6 Å². The number of aromatic nitrogens is 4. The number of thiazole rings is 1. The number of carbonyl (C=O) groups is 1. The summed E-state index contributed by atoms with van der Waals surface area (Å²) in [5.74, 6) is 1.32. The summed E-state index contributed by atoms with van der Waals surface area (Å²) in [7, 11) is 1.89. The molecule has 0 spiro atoms. The Morgan fingerprint density at radius 3 is 2.83 bits per heavy atom. The van der Waals surface area contributed by atoms with Crippen molar-refractivity contribution in [3.8, 4) is 0 Å². The zero-order valence-corrected chi connectivity index (χ0v) is 18.4. The average Bonchev–Trinajstić information content (AvgIpc) is 3.36. The molecule has 0 radical (unpaired) electrons. The second kappa shape index (κ2) is 9.03. The first kappa shape index (κ1) is 20.6. The standard InChI is InChI=1S/C20H18ClN5O2S2/c1-25-7-6-22-19(25)18(13-2-4-14(21)5-3-13)24-16(27)12-29-11-15-10-17(28)26-8-9-30-20(26)23-15/h2-10,18H,11-12H2,1H3,(H,24,27)/t18-/m1/s1. The van der Waals surface area contributed by atoms with Gasteiger partial charge in [-0.25, -0.2) is 9.97 Å². The lowest BCUT2D eigenvalue weighted by Crippen LogP contribution is -2.32. The average molecular weight is 460 g/mol. The molecule has 0 fully saturated rings. The van der Waals surface area contributed by atoms with Crippen molar-refractivity contribution in [2.75, 3.05) is 5.75 Å². The first-order valence-corrected chi connectivity index (χ1v) is 11.5. The van der Waals surface area contributed by atoms with Crippen LogP contribution in [0.15, 0.2) is 59.1 Å². The maximum atomic E-state index is 12.6. The van der Waals surface area contributed by atoms with Crippen molar-refractivity contribution in [3.63, 3.8) is 0 Å². The number of carbonyl (C=O) groups excluding carboxylic acids is 1. The van der Waals surface area contributed by atoms with E-state index in [1.807, 2.05) is 35.3 Å². The van der Waals surface area contributed by atoms with Gasteiger partial charge in [0, 0.05) is 47.9 Å². The normalized spacial score (nSPS) is 12.2. The molecule has 0 unspecified atom stereocenters. The molecular weight excluding hydrogens is 442 g/mol. The Morgan fingerprint density at radius 1 is 1.30 bits per heavy atom. The summed E-state index contributed by atoms with van der Waals surface area (Å²) >= 11 is 8.82.